The van der Waals surface area contributed by atoms with Crippen LogP contribution < -0.4 is 4.98 Å². The van der Waals surface area contributed by atoms with Gasteiger partial charge in [0.1, 0.15) is 8.24 Å². The molecule has 0 saturated heterocycles. The zero-order valence-electron chi connectivity index (χ0n) is 12.6. The van der Waals surface area contributed by atoms with Crippen molar-refractivity contribution in [1.29, 1.82) is 0 Å². The van der Waals surface area contributed by atoms with Crippen LogP contribution in [0.15, 0.2) is 0 Å². The molecule has 1 atom stereocenters. The first kappa shape index (κ1) is 16.4. The van der Waals surface area contributed by atoms with Crippen molar-refractivity contribution >= 4 is 16.3 Å². The van der Waals surface area contributed by atoms with Gasteiger partial charge in [-0.25, -0.2) is 0 Å². The van der Waals surface area contributed by atoms with Gasteiger partial charge in [-0.15, -0.1) is 0 Å². The zero-order valence-corrected chi connectivity index (χ0v) is 14.6. The third kappa shape index (κ3) is 9.61. The van der Waals surface area contributed by atoms with Crippen molar-refractivity contribution < 1.29 is 0 Å². The van der Waals surface area contributed by atoms with Gasteiger partial charge in [-0.05, 0) is 12.5 Å². The van der Waals surface area contributed by atoms with Crippen molar-refractivity contribution in [2.75, 3.05) is 0 Å². The normalized spacial score (nSPS) is 15.2. The van der Waals surface area contributed by atoms with E-state index >= 15 is 0 Å². The first-order chi connectivity index (χ1) is 7.16. The average Bonchev–Trinajstić information content (AvgIpc) is 1.99. The molecule has 1 unspecified atom stereocenters. The Bertz CT molecular complexity index is 185. The van der Waals surface area contributed by atoms with E-state index in [0.717, 1.165) is 6.04 Å². The molecule has 0 aliphatic rings. The van der Waals surface area contributed by atoms with Gasteiger partial charge in [0, 0.05) is 8.07 Å². The summed E-state index contributed by atoms with van der Waals surface area (Å²) in [4.78, 5) is 3.79. The van der Waals surface area contributed by atoms with Crippen molar-refractivity contribution in [3.8, 4) is 0 Å². The molecule has 0 fully saturated rings. The fourth-order valence-corrected chi connectivity index (χ4v) is 6.89. The lowest BCUT2D eigenvalue weighted by Gasteiger charge is -2.26. The molecular formula is C13H33NSi2. The molecule has 0 aromatic rings. The monoisotopic (exact) mass is 259 g/mol. The van der Waals surface area contributed by atoms with Gasteiger partial charge in [-0.2, -0.15) is 0 Å². The largest absolute Gasteiger partial charge is 0.335 e. The molecule has 0 radical (unpaired) electrons. The number of hydrogen-bond acceptors (Lipinski definition) is 1. The highest BCUT2D eigenvalue weighted by Gasteiger charge is 2.20. The molecule has 0 heterocycles. The molecule has 0 rings (SSSR count). The molecule has 0 aliphatic carbocycles. The summed E-state index contributed by atoms with van der Waals surface area (Å²) < 4.78 is 0. The van der Waals surface area contributed by atoms with Crippen LogP contribution in [-0.4, -0.2) is 22.4 Å². The van der Waals surface area contributed by atoms with Crippen molar-refractivity contribution in [2.24, 2.45) is 0 Å². The van der Waals surface area contributed by atoms with Crippen LogP contribution in [0.25, 0.3) is 0 Å². The predicted octanol–water partition coefficient (Wildman–Crippen LogP) is 4.70. The maximum absolute atomic E-state index is 3.79. The van der Waals surface area contributed by atoms with Crippen LogP contribution in [0.3, 0.4) is 0 Å². The van der Waals surface area contributed by atoms with Gasteiger partial charge < -0.3 is 4.98 Å². The highest BCUT2D eigenvalue weighted by atomic mass is 28.3. The minimum Gasteiger partial charge on any atom is -0.335 e. The van der Waals surface area contributed by atoms with Crippen LogP contribution in [0, 0.1) is 0 Å². The molecule has 0 amide bonds. The van der Waals surface area contributed by atoms with E-state index in [1.165, 1.54) is 31.4 Å². The second-order valence-corrected chi connectivity index (χ2v) is 17.2. The fourth-order valence-electron chi connectivity index (χ4n) is 2.50. The fraction of sp³-hybridized carbons (Fsp3) is 1.00. The lowest BCUT2D eigenvalue weighted by molar-refractivity contribution is 0.594. The number of nitrogens with one attached hydrogen (secondary N) is 1. The van der Waals surface area contributed by atoms with Gasteiger partial charge in [0.05, 0.1) is 0 Å². The Labute approximate surface area is 106 Å². The van der Waals surface area contributed by atoms with Gasteiger partial charge in [0.15, 0.2) is 0 Å². The maximum atomic E-state index is 3.79. The third-order valence-electron chi connectivity index (χ3n) is 3.10. The third-order valence-corrected chi connectivity index (χ3v) is 8.02. The first-order valence-electron chi connectivity index (χ1n) is 6.94. The van der Waals surface area contributed by atoms with Gasteiger partial charge in [-0.1, -0.05) is 71.5 Å². The predicted molar refractivity (Wildman–Crippen MR) is 82.6 cm³/mol. The molecule has 16 heavy (non-hydrogen) atoms. The van der Waals surface area contributed by atoms with E-state index in [4.69, 9.17) is 0 Å². The summed E-state index contributed by atoms with van der Waals surface area (Å²) >= 11 is 0. The summed E-state index contributed by atoms with van der Waals surface area (Å²) in [5, 5.41) is 0. The SMILES string of the molecule is CCC[Si](C)(C)CCCC(C)N[Si](C)(C)C. The minimum absolute atomic E-state index is 0.720. The highest BCUT2D eigenvalue weighted by molar-refractivity contribution is 6.77. The highest BCUT2D eigenvalue weighted by Crippen LogP contribution is 2.20. The topological polar surface area (TPSA) is 12.0 Å². The van der Waals surface area contributed by atoms with Crippen molar-refractivity contribution in [3.63, 3.8) is 0 Å². The lowest BCUT2D eigenvalue weighted by Crippen LogP contribution is -2.46. The standard InChI is InChI=1S/C13H33NSi2/c1-8-11-16(6,7)12-9-10-13(2)14-15(3,4)5/h13-14H,8-12H2,1-7H3. The quantitative estimate of drug-likeness (QED) is 0.623. The van der Waals surface area contributed by atoms with Crippen LogP contribution in [0.2, 0.25) is 44.8 Å². The van der Waals surface area contributed by atoms with Crippen molar-refractivity contribution in [2.45, 2.75) is 84.0 Å². The number of rotatable bonds is 8. The Morgan fingerprint density at radius 1 is 1.00 bits per heavy atom. The van der Waals surface area contributed by atoms with Crippen molar-refractivity contribution in [3.05, 3.63) is 0 Å². The Balaban J connectivity index is 3.73. The van der Waals surface area contributed by atoms with Gasteiger partial charge in [-0.3, -0.25) is 0 Å². The Morgan fingerprint density at radius 3 is 2.00 bits per heavy atom. The molecule has 0 spiro atoms. The van der Waals surface area contributed by atoms with E-state index in [1.807, 2.05) is 0 Å². The van der Waals surface area contributed by atoms with Gasteiger partial charge in [0.2, 0.25) is 0 Å². The number of hydrogen-bond donors (Lipinski definition) is 1. The van der Waals surface area contributed by atoms with Crippen LogP contribution in [0.1, 0.15) is 33.1 Å². The molecular weight excluding hydrogens is 226 g/mol. The molecule has 0 bridgehead atoms. The molecule has 1 N–H and O–H groups in total. The average molecular weight is 260 g/mol. The van der Waals surface area contributed by atoms with E-state index in [-0.39, 0.29) is 0 Å². The molecule has 98 valence electrons. The summed E-state index contributed by atoms with van der Waals surface area (Å²) in [7, 11) is -1.92. The lowest BCUT2D eigenvalue weighted by atomic mass is 10.2. The van der Waals surface area contributed by atoms with E-state index in [0.29, 0.717) is 0 Å². The Hall–Kier alpha value is 0.394. The molecule has 0 aromatic heterocycles. The van der Waals surface area contributed by atoms with E-state index in [2.05, 4.69) is 51.6 Å². The molecule has 3 heteroatoms. The molecule has 0 aliphatic heterocycles. The van der Waals surface area contributed by atoms with E-state index in [9.17, 15) is 0 Å². The zero-order chi connectivity index (χ0) is 12.8. The maximum Gasteiger partial charge on any atom is 0.116 e. The van der Waals surface area contributed by atoms with Crippen LogP contribution in [0.4, 0.5) is 0 Å². The van der Waals surface area contributed by atoms with Crippen LogP contribution in [-0.2, 0) is 0 Å². The second-order valence-electron chi connectivity index (χ2n) is 7.10. The second kappa shape index (κ2) is 6.97. The summed E-state index contributed by atoms with van der Waals surface area (Å²) in [6.45, 7) is 16.9. The van der Waals surface area contributed by atoms with E-state index < -0.39 is 16.3 Å². The minimum atomic E-state index is -1.07. The Morgan fingerprint density at radius 2 is 1.56 bits per heavy atom. The molecule has 0 saturated carbocycles. The van der Waals surface area contributed by atoms with Gasteiger partial charge >= 0.3 is 0 Å². The summed E-state index contributed by atoms with van der Waals surface area (Å²) in [5.41, 5.74) is 0. The van der Waals surface area contributed by atoms with Gasteiger partial charge in [0.25, 0.3) is 0 Å². The smallest absolute Gasteiger partial charge is 0.116 e. The molecule has 0 aromatic carbocycles. The van der Waals surface area contributed by atoms with E-state index in [1.54, 1.807) is 0 Å². The molecule has 1 nitrogen and oxygen atoms in total. The first-order valence-corrected chi connectivity index (χ1v) is 13.9. The summed E-state index contributed by atoms with van der Waals surface area (Å²) in [6, 6.07) is 3.74. The Kier molecular flexibility index (Phi) is 7.14. The summed E-state index contributed by atoms with van der Waals surface area (Å²) in [5.74, 6) is 0. The van der Waals surface area contributed by atoms with Crippen LogP contribution in [0.5, 0.6) is 0 Å². The van der Waals surface area contributed by atoms with Crippen molar-refractivity contribution in [1.82, 2.24) is 4.98 Å². The van der Waals surface area contributed by atoms with Crippen LogP contribution >= 0.6 is 0 Å². The summed E-state index contributed by atoms with van der Waals surface area (Å²) in [6.07, 6.45) is 4.17.